The van der Waals surface area contributed by atoms with Crippen molar-refractivity contribution in [2.45, 2.75) is 75.0 Å². The molecule has 2 fully saturated rings. The van der Waals surface area contributed by atoms with Crippen LogP contribution >= 0.6 is 0 Å². The fraction of sp³-hybridized carbons (Fsp3) is 1.00. The Kier molecular flexibility index (Phi) is 5.99. The normalized spacial score (nSPS) is 51.7. The van der Waals surface area contributed by atoms with E-state index >= 15 is 0 Å². The molecule has 0 bridgehead atoms. The van der Waals surface area contributed by atoms with Gasteiger partial charge < -0.3 is 45.1 Å². The maximum Gasteiger partial charge on any atom is 0.175 e. The van der Waals surface area contributed by atoms with Crippen molar-refractivity contribution in [3.8, 4) is 0 Å². The molecule has 0 radical (unpaired) electrons. The summed E-state index contributed by atoms with van der Waals surface area (Å²) >= 11 is 0. The van der Waals surface area contributed by atoms with E-state index in [1.807, 2.05) is 0 Å². The van der Waals surface area contributed by atoms with Gasteiger partial charge in [-0.25, -0.2) is 0 Å². The molecule has 2 heterocycles. The summed E-state index contributed by atoms with van der Waals surface area (Å²) < 4.78 is 21.5. The van der Waals surface area contributed by atoms with E-state index in [2.05, 4.69) is 0 Å². The van der Waals surface area contributed by atoms with Gasteiger partial charge in [0, 0.05) is 13.5 Å². The van der Waals surface area contributed by atoms with Crippen LogP contribution in [0.15, 0.2) is 0 Å². The Morgan fingerprint density at radius 2 is 1.87 bits per heavy atom. The van der Waals surface area contributed by atoms with Crippen molar-refractivity contribution in [3.63, 3.8) is 0 Å². The number of ether oxygens (including phenoxy) is 4. The highest BCUT2D eigenvalue weighted by molar-refractivity contribution is 4.93. The zero-order valence-electron chi connectivity index (χ0n) is 13.5. The highest BCUT2D eigenvalue weighted by Gasteiger charge is 2.46. The highest BCUT2D eigenvalue weighted by atomic mass is 16.7. The van der Waals surface area contributed by atoms with E-state index < -0.39 is 54.7 Å². The molecule has 9 atom stereocenters. The van der Waals surface area contributed by atoms with Crippen molar-refractivity contribution >= 4 is 0 Å². The van der Waals surface area contributed by atoms with Crippen LogP contribution in [0.4, 0.5) is 0 Å². The predicted molar refractivity (Wildman–Crippen MR) is 77.2 cm³/mol. The van der Waals surface area contributed by atoms with E-state index in [-0.39, 0.29) is 13.0 Å². The maximum atomic E-state index is 10.2. The van der Waals surface area contributed by atoms with Gasteiger partial charge in [0.05, 0.1) is 24.4 Å². The van der Waals surface area contributed by atoms with Gasteiger partial charge in [-0.05, 0) is 13.8 Å². The minimum atomic E-state index is -1.34. The minimum absolute atomic E-state index is 0.0666. The van der Waals surface area contributed by atoms with Crippen molar-refractivity contribution < 1.29 is 39.4 Å². The monoisotopic (exact) mass is 337 g/mol. The Balaban J connectivity index is 1.92. The van der Waals surface area contributed by atoms with Crippen LogP contribution in [-0.4, -0.2) is 88.9 Å². The number of aliphatic hydroxyl groups is 4. The van der Waals surface area contributed by atoms with E-state index in [1.54, 1.807) is 6.92 Å². The standard InChI is InChI=1S/C14H27NO8/c1-6-12(18)14(2,19)4-8(22-6)21-5-7-10(16)11(17)9(15)13(20-3)23-7/h6-13,16-19H,4-5,15H2,1-3H3/t6-,7+,8+,9+,10+,11+,12-,13+,14+/m0/s1. The fourth-order valence-electron chi connectivity index (χ4n) is 2.93. The lowest BCUT2D eigenvalue weighted by Crippen LogP contribution is -2.62. The van der Waals surface area contributed by atoms with Crippen molar-refractivity contribution in [1.29, 1.82) is 0 Å². The molecule has 2 aliphatic rings. The Morgan fingerprint density at radius 1 is 1.22 bits per heavy atom. The number of methoxy groups -OCH3 is 1. The summed E-state index contributed by atoms with van der Waals surface area (Å²) in [5.74, 6) is 0. The molecule has 6 N–H and O–H groups in total. The highest BCUT2D eigenvalue weighted by Crippen LogP contribution is 2.30. The molecule has 0 amide bonds. The minimum Gasteiger partial charge on any atom is -0.388 e. The first-order valence-electron chi connectivity index (χ1n) is 7.65. The first kappa shape index (κ1) is 19.0. The molecule has 0 aromatic rings. The Bertz CT molecular complexity index is 393. The van der Waals surface area contributed by atoms with Crippen molar-refractivity contribution in [2.75, 3.05) is 13.7 Å². The van der Waals surface area contributed by atoms with Gasteiger partial charge in [0.25, 0.3) is 0 Å². The summed E-state index contributed by atoms with van der Waals surface area (Å²) in [6.45, 7) is 3.04. The van der Waals surface area contributed by atoms with Gasteiger partial charge >= 0.3 is 0 Å². The van der Waals surface area contributed by atoms with Gasteiger partial charge in [0.15, 0.2) is 12.6 Å². The molecule has 136 valence electrons. The van der Waals surface area contributed by atoms with Gasteiger partial charge in [-0.15, -0.1) is 0 Å². The topological polar surface area (TPSA) is 144 Å². The first-order chi connectivity index (χ1) is 10.7. The van der Waals surface area contributed by atoms with Crippen molar-refractivity contribution in [1.82, 2.24) is 0 Å². The molecular weight excluding hydrogens is 310 g/mol. The van der Waals surface area contributed by atoms with E-state index in [9.17, 15) is 20.4 Å². The van der Waals surface area contributed by atoms with E-state index in [4.69, 9.17) is 24.7 Å². The summed E-state index contributed by atoms with van der Waals surface area (Å²) in [7, 11) is 1.39. The molecule has 2 aliphatic heterocycles. The molecular formula is C14H27NO8. The quantitative estimate of drug-likeness (QED) is 0.381. The van der Waals surface area contributed by atoms with Gasteiger partial charge in [-0.2, -0.15) is 0 Å². The molecule has 23 heavy (non-hydrogen) atoms. The number of rotatable bonds is 4. The Morgan fingerprint density at radius 3 is 2.43 bits per heavy atom. The van der Waals surface area contributed by atoms with Crippen molar-refractivity contribution in [2.24, 2.45) is 5.73 Å². The van der Waals surface area contributed by atoms with E-state index in [0.717, 1.165) is 0 Å². The van der Waals surface area contributed by atoms with Gasteiger partial charge in [-0.1, -0.05) is 0 Å². The first-order valence-corrected chi connectivity index (χ1v) is 7.65. The predicted octanol–water partition coefficient (Wildman–Crippen LogP) is -2.33. The number of aliphatic hydroxyl groups excluding tert-OH is 3. The van der Waals surface area contributed by atoms with Crippen LogP contribution in [0.2, 0.25) is 0 Å². The average Bonchev–Trinajstić information content (AvgIpc) is 2.49. The summed E-state index contributed by atoms with van der Waals surface area (Å²) in [6.07, 6.45) is -6.49. The molecule has 0 unspecified atom stereocenters. The summed E-state index contributed by atoms with van der Waals surface area (Å²) in [5, 5.41) is 40.0. The van der Waals surface area contributed by atoms with Gasteiger partial charge in [0.2, 0.25) is 0 Å². The molecule has 0 spiro atoms. The number of hydrogen-bond donors (Lipinski definition) is 5. The van der Waals surface area contributed by atoms with Crippen LogP contribution in [0.3, 0.4) is 0 Å². The second kappa shape index (κ2) is 7.26. The Labute approximate surface area is 134 Å². The lowest BCUT2D eigenvalue weighted by molar-refractivity contribution is -0.299. The third kappa shape index (κ3) is 4.01. The average molecular weight is 337 g/mol. The zero-order valence-corrected chi connectivity index (χ0v) is 13.5. The van der Waals surface area contributed by atoms with Crippen LogP contribution in [0.25, 0.3) is 0 Å². The third-order valence-electron chi connectivity index (χ3n) is 4.46. The van der Waals surface area contributed by atoms with Crippen LogP contribution < -0.4 is 5.73 Å². The molecule has 0 saturated carbocycles. The molecule has 2 saturated heterocycles. The second-order valence-electron chi connectivity index (χ2n) is 6.45. The van der Waals surface area contributed by atoms with Crippen LogP contribution in [0.5, 0.6) is 0 Å². The van der Waals surface area contributed by atoms with Gasteiger partial charge in [0.1, 0.15) is 24.4 Å². The third-order valence-corrected chi connectivity index (χ3v) is 4.46. The molecule has 9 heteroatoms. The molecule has 0 aromatic carbocycles. The summed E-state index contributed by atoms with van der Waals surface area (Å²) in [4.78, 5) is 0. The molecule has 0 aromatic heterocycles. The lowest BCUT2D eigenvalue weighted by Gasteiger charge is -2.43. The van der Waals surface area contributed by atoms with Crippen LogP contribution in [-0.2, 0) is 18.9 Å². The maximum absolute atomic E-state index is 10.2. The van der Waals surface area contributed by atoms with Gasteiger partial charge in [-0.3, -0.25) is 0 Å². The summed E-state index contributed by atoms with van der Waals surface area (Å²) in [5.41, 5.74) is 4.37. The largest absolute Gasteiger partial charge is 0.388 e. The lowest BCUT2D eigenvalue weighted by atomic mass is 9.89. The molecule has 0 aliphatic carbocycles. The van der Waals surface area contributed by atoms with E-state index in [1.165, 1.54) is 14.0 Å². The second-order valence-corrected chi connectivity index (χ2v) is 6.45. The van der Waals surface area contributed by atoms with Crippen molar-refractivity contribution in [3.05, 3.63) is 0 Å². The smallest absolute Gasteiger partial charge is 0.175 e. The molecule has 9 nitrogen and oxygen atoms in total. The van der Waals surface area contributed by atoms with Crippen LogP contribution in [0.1, 0.15) is 20.3 Å². The summed E-state index contributed by atoms with van der Waals surface area (Å²) in [6, 6.07) is -0.868. The SMILES string of the molecule is CO[C@@H]1O[C@H](CO[C@H]2C[C@@](C)(O)[C@@H](O)[C@H](C)O2)[C@@H](O)[C@H](O)[C@H]1N. The fourth-order valence-corrected chi connectivity index (χ4v) is 2.93. The molecule has 2 rings (SSSR count). The number of nitrogens with two attached hydrogens (primary N) is 1. The zero-order chi connectivity index (χ0) is 17.4. The Hall–Kier alpha value is -0.360. The van der Waals surface area contributed by atoms with E-state index in [0.29, 0.717) is 0 Å². The number of hydrogen-bond acceptors (Lipinski definition) is 9. The van der Waals surface area contributed by atoms with Crippen LogP contribution in [0, 0.1) is 0 Å².